The van der Waals surface area contributed by atoms with Crippen LogP contribution < -0.4 is 5.32 Å². The fourth-order valence-corrected chi connectivity index (χ4v) is 2.88. The van der Waals surface area contributed by atoms with Crippen LogP contribution in [0.3, 0.4) is 0 Å². The molecule has 0 aromatic carbocycles. The van der Waals surface area contributed by atoms with E-state index in [-0.39, 0.29) is 5.54 Å². The molecular weight excluding hydrogens is 252 g/mol. The van der Waals surface area contributed by atoms with Crippen molar-refractivity contribution in [3.05, 3.63) is 29.8 Å². The summed E-state index contributed by atoms with van der Waals surface area (Å²) in [5.74, 6) is 1.29. The van der Waals surface area contributed by atoms with Gasteiger partial charge in [0.1, 0.15) is 5.69 Å². The number of pyridine rings is 1. The van der Waals surface area contributed by atoms with Gasteiger partial charge in [-0.05, 0) is 43.9 Å². The van der Waals surface area contributed by atoms with E-state index in [0.717, 1.165) is 43.5 Å². The zero-order valence-corrected chi connectivity index (χ0v) is 12.0. The van der Waals surface area contributed by atoms with E-state index >= 15 is 0 Å². The fraction of sp³-hybridized carbons (Fsp3) is 0.533. The number of hydrogen-bond acceptors (Lipinski definition) is 5. The van der Waals surface area contributed by atoms with Gasteiger partial charge in [-0.2, -0.15) is 4.98 Å². The Morgan fingerprint density at radius 1 is 1.40 bits per heavy atom. The zero-order valence-electron chi connectivity index (χ0n) is 12.0. The summed E-state index contributed by atoms with van der Waals surface area (Å²) in [6, 6.07) is 4.00. The van der Waals surface area contributed by atoms with Crippen molar-refractivity contribution in [2.24, 2.45) is 0 Å². The summed E-state index contributed by atoms with van der Waals surface area (Å²) in [6.45, 7) is 5.27. The number of nitrogens with zero attached hydrogens (tertiary/aromatic N) is 3. The minimum atomic E-state index is -0.146. The van der Waals surface area contributed by atoms with Crippen LogP contribution in [0.1, 0.15) is 44.6 Å². The van der Waals surface area contributed by atoms with Crippen LogP contribution in [0.25, 0.3) is 11.5 Å². The van der Waals surface area contributed by atoms with Crippen LogP contribution >= 0.6 is 0 Å². The van der Waals surface area contributed by atoms with Gasteiger partial charge in [-0.25, -0.2) is 0 Å². The zero-order chi connectivity index (χ0) is 14.0. The molecule has 3 heterocycles. The molecule has 3 rings (SSSR count). The third-order valence-electron chi connectivity index (χ3n) is 4.17. The molecule has 0 spiro atoms. The summed E-state index contributed by atoms with van der Waals surface area (Å²) in [5, 5.41) is 7.66. The number of nitrogens with one attached hydrogen (secondary N) is 1. The van der Waals surface area contributed by atoms with E-state index in [4.69, 9.17) is 4.52 Å². The Morgan fingerprint density at radius 3 is 3.00 bits per heavy atom. The number of aryl methyl sites for hydroxylation is 1. The Labute approximate surface area is 118 Å². The lowest BCUT2D eigenvalue weighted by Gasteiger charge is -2.22. The molecule has 1 atom stereocenters. The van der Waals surface area contributed by atoms with Crippen molar-refractivity contribution in [3.63, 3.8) is 0 Å². The third-order valence-corrected chi connectivity index (χ3v) is 4.17. The average molecular weight is 272 g/mol. The molecule has 0 amide bonds. The molecule has 106 valence electrons. The predicted octanol–water partition coefficient (Wildman–Crippen LogP) is 2.68. The summed E-state index contributed by atoms with van der Waals surface area (Å²) in [7, 11) is 0. The average Bonchev–Trinajstić information content (AvgIpc) is 3.16. The first-order valence-corrected chi connectivity index (χ1v) is 7.32. The third kappa shape index (κ3) is 2.12. The largest absolute Gasteiger partial charge is 0.337 e. The quantitative estimate of drug-likeness (QED) is 0.927. The van der Waals surface area contributed by atoms with Crippen molar-refractivity contribution in [1.29, 1.82) is 0 Å². The van der Waals surface area contributed by atoms with Gasteiger partial charge < -0.3 is 9.84 Å². The molecule has 1 N–H and O–H groups in total. The lowest BCUT2D eigenvalue weighted by molar-refractivity contribution is 0.250. The van der Waals surface area contributed by atoms with E-state index in [1.54, 1.807) is 6.20 Å². The van der Waals surface area contributed by atoms with Gasteiger partial charge in [0.05, 0.1) is 5.54 Å². The van der Waals surface area contributed by atoms with Crippen LogP contribution in [-0.4, -0.2) is 21.7 Å². The molecule has 1 unspecified atom stereocenters. The van der Waals surface area contributed by atoms with Crippen molar-refractivity contribution in [1.82, 2.24) is 20.4 Å². The van der Waals surface area contributed by atoms with Gasteiger partial charge in [-0.1, -0.05) is 25.1 Å². The first-order chi connectivity index (χ1) is 9.79. The Hall–Kier alpha value is -1.75. The van der Waals surface area contributed by atoms with E-state index in [0.29, 0.717) is 11.7 Å². The van der Waals surface area contributed by atoms with E-state index in [1.807, 2.05) is 6.07 Å². The molecule has 5 nitrogen and oxygen atoms in total. The van der Waals surface area contributed by atoms with Gasteiger partial charge in [-0.15, -0.1) is 0 Å². The maximum absolute atomic E-state index is 5.53. The Morgan fingerprint density at radius 2 is 2.30 bits per heavy atom. The lowest BCUT2D eigenvalue weighted by atomic mass is 9.94. The van der Waals surface area contributed by atoms with Gasteiger partial charge in [-0.3, -0.25) is 4.98 Å². The summed E-state index contributed by atoms with van der Waals surface area (Å²) in [6.07, 6.45) is 5.83. The van der Waals surface area contributed by atoms with E-state index in [9.17, 15) is 0 Å². The molecule has 1 fully saturated rings. The van der Waals surface area contributed by atoms with Gasteiger partial charge in [0.25, 0.3) is 0 Å². The molecule has 2 aromatic rings. The van der Waals surface area contributed by atoms with Crippen molar-refractivity contribution < 1.29 is 4.52 Å². The highest BCUT2D eigenvalue weighted by atomic mass is 16.5. The van der Waals surface area contributed by atoms with Crippen molar-refractivity contribution in [3.8, 4) is 11.5 Å². The molecule has 5 heteroatoms. The topological polar surface area (TPSA) is 63.8 Å². The summed E-state index contributed by atoms with van der Waals surface area (Å²) in [5.41, 5.74) is 1.82. The number of rotatable bonds is 4. The van der Waals surface area contributed by atoms with Gasteiger partial charge in [0, 0.05) is 6.20 Å². The number of hydrogen-bond donors (Lipinski definition) is 1. The highest BCUT2D eigenvalue weighted by molar-refractivity contribution is 5.53. The highest BCUT2D eigenvalue weighted by Gasteiger charge is 2.39. The SMILES string of the molecule is CCc1cccnc1-c1noc(C2(CC)CCCN2)n1. The lowest BCUT2D eigenvalue weighted by Crippen LogP contribution is -2.36. The van der Waals surface area contributed by atoms with E-state index in [1.165, 1.54) is 0 Å². The highest BCUT2D eigenvalue weighted by Crippen LogP contribution is 2.33. The Balaban J connectivity index is 1.98. The molecule has 1 aliphatic rings. The molecule has 0 bridgehead atoms. The summed E-state index contributed by atoms with van der Waals surface area (Å²) < 4.78 is 5.53. The fourth-order valence-electron chi connectivity index (χ4n) is 2.88. The van der Waals surface area contributed by atoms with Crippen LogP contribution in [0.4, 0.5) is 0 Å². The second-order valence-corrected chi connectivity index (χ2v) is 5.25. The maximum Gasteiger partial charge on any atom is 0.247 e. The molecule has 0 radical (unpaired) electrons. The molecule has 1 saturated heterocycles. The van der Waals surface area contributed by atoms with Crippen molar-refractivity contribution in [2.45, 2.75) is 45.1 Å². The van der Waals surface area contributed by atoms with Gasteiger partial charge >= 0.3 is 0 Å². The predicted molar refractivity (Wildman–Crippen MR) is 76.1 cm³/mol. The van der Waals surface area contributed by atoms with Crippen LogP contribution in [0.5, 0.6) is 0 Å². The minimum absolute atomic E-state index is 0.146. The van der Waals surface area contributed by atoms with Crippen LogP contribution in [0.2, 0.25) is 0 Å². The molecular formula is C15H20N4O. The van der Waals surface area contributed by atoms with E-state index in [2.05, 4.69) is 40.4 Å². The van der Waals surface area contributed by atoms with Crippen molar-refractivity contribution >= 4 is 0 Å². The smallest absolute Gasteiger partial charge is 0.247 e. The van der Waals surface area contributed by atoms with Crippen LogP contribution in [0.15, 0.2) is 22.9 Å². The van der Waals surface area contributed by atoms with E-state index < -0.39 is 0 Å². The van der Waals surface area contributed by atoms with Gasteiger partial charge in [0.2, 0.25) is 11.7 Å². The first-order valence-electron chi connectivity index (χ1n) is 7.32. The van der Waals surface area contributed by atoms with Crippen molar-refractivity contribution in [2.75, 3.05) is 6.54 Å². The monoisotopic (exact) mass is 272 g/mol. The maximum atomic E-state index is 5.53. The second-order valence-electron chi connectivity index (χ2n) is 5.25. The normalized spacial score (nSPS) is 22.3. The Kier molecular flexibility index (Phi) is 3.53. The molecule has 0 aliphatic carbocycles. The second kappa shape index (κ2) is 5.32. The van der Waals surface area contributed by atoms with Gasteiger partial charge in [0.15, 0.2) is 0 Å². The Bertz CT molecular complexity index is 587. The van der Waals surface area contributed by atoms with Crippen LogP contribution in [-0.2, 0) is 12.0 Å². The molecule has 1 aliphatic heterocycles. The first kappa shape index (κ1) is 13.2. The molecule has 0 saturated carbocycles. The molecule has 20 heavy (non-hydrogen) atoms. The summed E-state index contributed by atoms with van der Waals surface area (Å²) >= 11 is 0. The number of aromatic nitrogens is 3. The standard InChI is InChI=1S/C15H20N4O/c1-3-11-7-5-9-16-12(11)13-18-14(20-19-13)15(4-2)8-6-10-17-15/h5,7,9,17H,3-4,6,8,10H2,1-2H3. The van der Waals surface area contributed by atoms with Crippen LogP contribution in [0, 0.1) is 0 Å². The minimum Gasteiger partial charge on any atom is -0.337 e. The molecule has 2 aromatic heterocycles. The summed E-state index contributed by atoms with van der Waals surface area (Å²) in [4.78, 5) is 9.01.